The summed E-state index contributed by atoms with van der Waals surface area (Å²) in [6, 6.07) is 17.4. The molecule has 0 spiro atoms. The van der Waals surface area contributed by atoms with E-state index >= 15 is 0 Å². The van der Waals surface area contributed by atoms with Gasteiger partial charge in [0.2, 0.25) is 17.7 Å². The molecule has 328 valence electrons. The highest BCUT2D eigenvalue weighted by atomic mass is 16.5. The van der Waals surface area contributed by atoms with Gasteiger partial charge in [-0.3, -0.25) is 34.2 Å². The predicted octanol–water partition coefficient (Wildman–Crippen LogP) is 6.38. The van der Waals surface area contributed by atoms with Gasteiger partial charge in [-0.15, -0.1) is 0 Å². The number of ether oxygens (including phenoxy) is 1. The summed E-state index contributed by atoms with van der Waals surface area (Å²) in [5, 5.41) is 12.7. The molecule has 3 saturated heterocycles. The Balaban J connectivity index is 0.711. The van der Waals surface area contributed by atoms with Gasteiger partial charge in [-0.1, -0.05) is 45.7 Å². The number of fused-ring (bicyclic) bond motifs is 5. The molecule has 1 atom stereocenters. The first kappa shape index (κ1) is 42.3. The Kier molecular flexibility index (Phi) is 11.6. The molecule has 2 N–H and O–H groups in total. The van der Waals surface area contributed by atoms with Crippen LogP contribution < -0.4 is 15.0 Å². The average molecular weight is 852 g/mol. The number of nitrogens with one attached hydrogen (secondary N) is 2. The fraction of sp³-hybridized carbons (Fsp3) is 0.480. The molecule has 4 amide bonds. The summed E-state index contributed by atoms with van der Waals surface area (Å²) >= 11 is 0. The van der Waals surface area contributed by atoms with Crippen molar-refractivity contribution in [3.63, 3.8) is 0 Å². The van der Waals surface area contributed by atoms with Crippen LogP contribution in [-0.4, -0.2) is 107 Å². The first-order valence-corrected chi connectivity index (χ1v) is 22.9. The van der Waals surface area contributed by atoms with Crippen molar-refractivity contribution in [3.8, 4) is 11.8 Å². The third kappa shape index (κ3) is 7.88. The number of carbonyl (C=O) groups is 5. The minimum atomic E-state index is -0.655. The van der Waals surface area contributed by atoms with Crippen molar-refractivity contribution in [1.82, 2.24) is 25.0 Å². The topological polar surface area (TPSA) is 159 Å². The van der Waals surface area contributed by atoms with Gasteiger partial charge in [0, 0.05) is 103 Å². The van der Waals surface area contributed by atoms with Gasteiger partial charge in [-0.25, -0.2) is 0 Å². The van der Waals surface area contributed by atoms with Crippen molar-refractivity contribution in [1.29, 1.82) is 5.26 Å². The highest BCUT2D eigenvalue weighted by molar-refractivity contribution is 6.20. The Morgan fingerprint density at radius 1 is 0.905 bits per heavy atom. The van der Waals surface area contributed by atoms with Crippen LogP contribution in [-0.2, 0) is 32.8 Å². The van der Waals surface area contributed by atoms with Gasteiger partial charge in [-0.05, 0) is 86.1 Å². The van der Waals surface area contributed by atoms with E-state index < -0.39 is 17.4 Å². The maximum atomic E-state index is 14.1. The second-order valence-electron chi connectivity index (χ2n) is 18.4. The Bertz CT molecular complexity index is 2540. The molecule has 3 aromatic carbocycles. The molecule has 1 aliphatic carbocycles. The van der Waals surface area contributed by atoms with Crippen molar-refractivity contribution in [3.05, 3.63) is 93.2 Å². The summed E-state index contributed by atoms with van der Waals surface area (Å²) in [5.41, 5.74) is 8.18. The highest BCUT2D eigenvalue weighted by Crippen LogP contribution is 2.46. The molecule has 0 radical (unpaired) electrons. The number of nitrogens with zero attached hydrogens (tertiary/aromatic N) is 5. The number of unbranched alkanes of at least 4 members (excludes halogenated alkanes) is 3. The number of rotatable bonds is 12. The van der Waals surface area contributed by atoms with Crippen LogP contribution in [0.25, 0.3) is 10.9 Å². The number of hydrogen-bond acceptors (Lipinski definition) is 9. The normalized spacial score (nSPS) is 20.1. The molecule has 3 fully saturated rings. The fourth-order valence-corrected chi connectivity index (χ4v) is 10.7. The number of ketones is 1. The van der Waals surface area contributed by atoms with E-state index in [4.69, 9.17) is 4.74 Å². The monoisotopic (exact) mass is 851 g/mol. The second-order valence-corrected chi connectivity index (χ2v) is 18.4. The number of piperidine rings is 2. The zero-order chi connectivity index (χ0) is 44.0. The van der Waals surface area contributed by atoms with E-state index in [9.17, 15) is 29.2 Å². The van der Waals surface area contributed by atoms with Gasteiger partial charge in [0.25, 0.3) is 5.91 Å². The number of benzene rings is 3. The van der Waals surface area contributed by atoms with Crippen molar-refractivity contribution < 1.29 is 28.7 Å². The summed E-state index contributed by atoms with van der Waals surface area (Å²) in [6.07, 6.45) is 7.59. The molecule has 63 heavy (non-hydrogen) atoms. The van der Waals surface area contributed by atoms with Crippen LogP contribution in [0.15, 0.2) is 48.5 Å². The number of nitriles is 1. The van der Waals surface area contributed by atoms with Crippen molar-refractivity contribution in [2.24, 2.45) is 0 Å². The van der Waals surface area contributed by atoms with E-state index in [0.29, 0.717) is 42.4 Å². The van der Waals surface area contributed by atoms with Crippen LogP contribution in [0.1, 0.15) is 133 Å². The summed E-state index contributed by atoms with van der Waals surface area (Å²) in [5.74, 6) is -0.000647. The smallest absolute Gasteiger partial charge is 0.255 e. The molecule has 13 nitrogen and oxygen atoms in total. The van der Waals surface area contributed by atoms with E-state index in [1.54, 1.807) is 23.1 Å². The van der Waals surface area contributed by atoms with Crippen LogP contribution in [0, 0.1) is 11.3 Å². The Morgan fingerprint density at radius 2 is 1.68 bits per heavy atom. The molecule has 4 aromatic rings. The van der Waals surface area contributed by atoms with Gasteiger partial charge in [-0.2, -0.15) is 5.26 Å². The Hall–Kier alpha value is -6.00. The summed E-state index contributed by atoms with van der Waals surface area (Å²) in [4.78, 5) is 76.7. The van der Waals surface area contributed by atoms with Crippen molar-refractivity contribution >= 4 is 46.0 Å². The van der Waals surface area contributed by atoms with Crippen molar-refractivity contribution in [2.75, 3.05) is 50.8 Å². The van der Waals surface area contributed by atoms with Gasteiger partial charge in [0.15, 0.2) is 5.78 Å². The Morgan fingerprint density at radius 3 is 2.43 bits per heavy atom. The summed E-state index contributed by atoms with van der Waals surface area (Å²) in [6.45, 7) is 12.5. The number of imide groups is 1. The molecule has 5 heterocycles. The van der Waals surface area contributed by atoms with Crippen LogP contribution in [0.5, 0.6) is 5.75 Å². The second kappa shape index (κ2) is 17.3. The lowest BCUT2D eigenvalue weighted by atomic mass is 9.70. The number of anilines is 1. The zero-order valence-electron chi connectivity index (χ0n) is 36.7. The van der Waals surface area contributed by atoms with E-state index in [0.717, 1.165) is 123 Å². The molecule has 1 aromatic heterocycles. The highest BCUT2D eigenvalue weighted by Gasteiger charge is 2.42. The largest absolute Gasteiger partial charge is 0.493 e. The number of aryl methyl sites for hydroxylation is 1. The molecule has 0 saturated carbocycles. The number of H-pyrrole nitrogens is 1. The van der Waals surface area contributed by atoms with Crippen molar-refractivity contribution in [2.45, 2.75) is 109 Å². The van der Waals surface area contributed by atoms with Crippen LogP contribution in [0.3, 0.4) is 0 Å². The lowest BCUT2D eigenvalue weighted by Crippen LogP contribution is -2.54. The molecule has 9 rings (SSSR count). The fourth-order valence-electron chi connectivity index (χ4n) is 10.7. The first-order valence-electron chi connectivity index (χ1n) is 22.9. The van der Waals surface area contributed by atoms with Gasteiger partial charge < -0.3 is 24.4 Å². The van der Waals surface area contributed by atoms with E-state index in [-0.39, 0.29) is 36.5 Å². The minimum absolute atomic E-state index is 0.0473. The van der Waals surface area contributed by atoms with Gasteiger partial charge >= 0.3 is 0 Å². The quantitative estimate of drug-likeness (QED) is 0.122. The lowest BCUT2D eigenvalue weighted by Gasteiger charge is -2.44. The van der Waals surface area contributed by atoms with Crippen LogP contribution in [0.4, 0.5) is 5.69 Å². The van der Waals surface area contributed by atoms with E-state index in [1.807, 2.05) is 23.1 Å². The molecule has 4 aliphatic heterocycles. The third-order valence-corrected chi connectivity index (χ3v) is 14.4. The molecular weight excluding hydrogens is 795 g/mol. The van der Waals surface area contributed by atoms with Gasteiger partial charge in [0.1, 0.15) is 11.8 Å². The number of piperazine rings is 1. The number of hydrogen-bond donors (Lipinski definition) is 2. The number of aromatic amines is 1. The zero-order valence-corrected chi connectivity index (χ0v) is 36.7. The predicted molar refractivity (Wildman–Crippen MR) is 239 cm³/mol. The van der Waals surface area contributed by atoms with Gasteiger partial charge in [0.05, 0.1) is 30.3 Å². The molecule has 1 unspecified atom stereocenters. The molecule has 13 heteroatoms. The number of aromatic nitrogens is 1. The van der Waals surface area contributed by atoms with E-state index in [2.05, 4.69) is 59.1 Å². The molecular formula is C50H57N7O6. The minimum Gasteiger partial charge on any atom is -0.493 e. The number of amides is 4. The maximum absolute atomic E-state index is 14.1. The molecule has 0 bridgehead atoms. The van der Waals surface area contributed by atoms with Crippen LogP contribution >= 0.6 is 0 Å². The average Bonchev–Trinajstić information content (AvgIpc) is 3.86. The lowest BCUT2D eigenvalue weighted by molar-refractivity contribution is -0.137. The summed E-state index contributed by atoms with van der Waals surface area (Å²) in [7, 11) is 0. The number of carbonyl (C=O) groups excluding carboxylic acids is 5. The Labute approximate surface area is 368 Å². The SMILES string of the molecule is CCc1cc2c(cc1N1CCC(N3CCN(C(=O)CCCCCCOc4cccc5c4CN(C4CCC(=O)NC4=O)C5=O)CC3)CC1)C(C)(C)c1[nH]c3cc(C#N)ccc3c1C2=O. The maximum Gasteiger partial charge on any atom is 0.255 e. The van der Waals surface area contributed by atoms with E-state index in [1.165, 1.54) is 11.3 Å². The summed E-state index contributed by atoms with van der Waals surface area (Å²) < 4.78 is 6.12. The molecule has 5 aliphatic rings. The first-order chi connectivity index (χ1) is 30.5. The third-order valence-electron chi connectivity index (χ3n) is 14.4. The van der Waals surface area contributed by atoms with Crippen LogP contribution in [0.2, 0.25) is 0 Å². The standard InChI is InChI=1S/C50H57N7O6/c1-4-32-27-36-38(50(2,3)47-45(46(36)60)35-14-13-31(29-51)26-39(35)52-47)28-41(32)55-19-17-33(18-20-55)54-21-23-56(24-22-54)44(59)12-7-5-6-8-25-63-42-11-9-10-34-37(42)30-57(49(34)62)40-15-16-43(58)53-48(40)61/h9-11,13-14,26-28,33,40,52H,4-8,12,15-25,30H2,1-3H3,(H,53,58,61).